The number of carbonyl (C=O) groups excluding carboxylic acids is 1. The number of hydrogen-bond donors (Lipinski definition) is 2. The Kier molecular flexibility index (Phi) is 5.28. The molecule has 0 aliphatic carbocycles. The van der Waals surface area contributed by atoms with E-state index in [0.29, 0.717) is 5.69 Å². The van der Waals surface area contributed by atoms with Crippen molar-refractivity contribution in [3.05, 3.63) is 15.8 Å². The SMILES string of the molecule is CC(C)NC(=O)C(C)Nc1c([N+](=O)[O-])c(C(C)C)nn1C. The maximum absolute atomic E-state index is 11.9. The van der Waals surface area contributed by atoms with Gasteiger partial charge in [0.05, 0.1) is 4.92 Å². The third kappa shape index (κ3) is 3.93. The number of aromatic nitrogens is 2. The fourth-order valence-corrected chi connectivity index (χ4v) is 1.94. The van der Waals surface area contributed by atoms with Crippen LogP contribution in [-0.4, -0.2) is 32.7 Å². The van der Waals surface area contributed by atoms with E-state index < -0.39 is 11.0 Å². The molecule has 0 aromatic carbocycles. The van der Waals surface area contributed by atoms with Gasteiger partial charge in [0, 0.05) is 19.0 Å². The zero-order valence-corrected chi connectivity index (χ0v) is 13.3. The van der Waals surface area contributed by atoms with Crippen molar-refractivity contribution in [2.45, 2.75) is 52.6 Å². The lowest BCUT2D eigenvalue weighted by Gasteiger charge is -2.16. The molecule has 0 bridgehead atoms. The molecule has 1 aromatic heterocycles. The molecule has 0 aliphatic heterocycles. The van der Waals surface area contributed by atoms with E-state index in [2.05, 4.69) is 15.7 Å². The van der Waals surface area contributed by atoms with Crippen molar-refractivity contribution in [2.24, 2.45) is 7.05 Å². The third-order valence-electron chi connectivity index (χ3n) is 2.96. The highest BCUT2D eigenvalue weighted by molar-refractivity contribution is 5.85. The van der Waals surface area contributed by atoms with Gasteiger partial charge in [-0.1, -0.05) is 13.8 Å². The summed E-state index contributed by atoms with van der Waals surface area (Å²) in [6, 6.07) is -0.587. The molecule has 1 amide bonds. The number of amides is 1. The Morgan fingerprint density at radius 3 is 2.29 bits per heavy atom. The first-order valence-electron chi connectivity index (χ1n) is 6.93. The van der Waals surface area contributed by atoms with Gasteiger partial charge < -0.3 is 10.6 Å². The topological polar surface area (TPSA) is 102 Å². The number of rotatable bonds is 6. The van der Waals surface area contributed by atoms with Crippen LogP contribution in [0.4, 0.5) is 11.5 Å². The van der Waals surface area contributed by atoms with Gasteiger partial charge in [-0.15, -0.1) is 0 Å². The summed E-state index contributed by atoms with van der Waals surface area (Å²) >= 11 is 0. The summed E-state index contributed by atoms with van der Waals surface area (Å²) < 4.78 is 1.41. The second-order valence-electron chi connectivity index (χ2n) is 5.65. The summed E-state index contributed by atoms with van der Waals surface area (Å²) in [7, 11) is 1.62. The van der Waals surface area contributed by atoms with Crippen molar-refractivity contribution in [1.29, 1.82) is 0 Å². The minimum Gasteiger partial charge on any atom is -0.353 e. The Morgan fingerprint density at radius 1 is 1.29 bits per heavy atom. The first kappa shape index (κ1) is 16.9. The lowest BCUT2D eigenvalue weighted by molar-refractivity contribution is -0.384. The molecule has 1 atom stereocenters. The maximum Gasteiger partial charge on any atom is 0.334 e. The molecule has 0 radical (unpaired) electrons. The van der Waals surface area contributed by atoms with Gasteiger partial charge in [-0.3, -0.25) is 14.9 Å². The predicted octanol–water partition coefficient (Wildman–Crippen LogP) is 1.78. The number of aryl methyl sites for hydroxylation is 1. The standard InChI is InChI=1S/C13H23N5O3/c1-7(2)10-11(18(20)21)12(17(6)16-10)15-9(5)13(19)14-8(3)4/h7-9,15H,1-6H3,(H,14,19). The van der Waals surface area contributed by atoms with E-state index in [1.54, 1.807) is 14.0 Å². The van der Waals surface area contributed by atoms with Crippen LogP contribution < -0.4 is 10.6 Å². The predicted molar refractivity (Wildman–Crippen MR) is 80.3 cm³/mol. The molecule has 0 saturated heterocycles. The Morgan fingerprint density at radius 2 is 1.86 bits per heavy atom. The van der Waals surface area contributed by atoms with E-state index in [4.69, 9.17) is 0 Å². The summed E-state index contributed by atoms with van der Waals surface area (Å²) in [6.45, 7) is 9.05. The molecule has 8 nitrogen and oxygen atoms in total. The lowest BCUT2D eigenvalue weighted by Crippen LogP contribution is -2.41. The van der Waals surface area contributed by atoms with Crippen LogP contribution in [0.2, 0.25) is 0 Å². The van der Waals surface area contributed by atoms with Gasteiger partial charge in [0.25, 0.3) is 0 Å². The first-order chi connectivity index (χ1) is 9.65. The smallest absolute Gasteiger partial charge is 0.334 e. The van der Waals surface area contributed by atoms with Crippen molar-refractivity contribution >= 4 is 17.4 Å². The summed E-state index contributed by atoms with van der Waals surface area (Å²) in [5.74, 6) is -0.0475. The van der Waals surface area contributed by atoms with Gasteiger partial charge in [0.2, 0.25) is 11.7 Å². The Hall–Kier alpha value is -2.12. The number of nitro groups is 1. The number of nitrogens with one attached hydrogen (secondary N) is 2. The number of nitrogens with zero attached hydrogens (tertiary/aromatic N) is 3. The van der Waals surface area contributed by atoms with Crippen LogP contribution >= 0.6 is 0 Å². The molecule has 21 heavy (non-hydrogen) atoms. The summed E-state index contributed by atoms with van der Waals surface area (Å²) in [5.41, 5.74) is 0.332. The molecule has 1 unspecified atom stereocenters. The molecule has 0 saturated carbocycles. The molecule has 1 heterocycles. The number of carbonyl (C=O) groups is 1. The molecule has 8 heteroatoms. The summed E-state index contributed by atoms with van der Waals surface area (Å²) in [4.78, 5) is 22.8. The van der Waals surface area contributed by atoms with E-state index >= 15 is 0 Å². The minimum absolute atomic E-state index is 0.00879. The highest BCUT2D eigenvalue weighted by atomic mass is 16.6. The summed E-state index contributed by atoms with van der Waals surface area (Å²) in [6.07, 6.45) is 0. The van der Waals surface area contributed by atoms with Crippen LogP contribution in [0.25, 0.3) is 0 Å². The minimum atomic E-state index is -0.596. The fourth-order valence-electron chi connectivity index (χ4n) is 1.94. The van der Waals surface area contributed by atoms with Gasteiger partial charge in [-0.2, -0.15) is 5.10 Å². The number of hydrogen-bond acceptors (Lipinski definition) is 5. The van der Waals surface area contributed by atoms with Gasteiger partial charge >= 0.3 is 5.69 Å². The zero-order valence-electron chi connectivity index (χ0n) is 13.3. The molecule has 0 fully saturated rings. The van der Waals surface area contributed by atoms with E-state index in [0.717, 1.165) is 0 Å². The van der Waals surface area contributed by atoms with E-state index in [-0.39, 0.29) is 29.4 Å². The van der Waals surface area contributed by atoms with Crippen LogP contribution in [0.5, 0.6) is 0 Å². The molecular weight excluding hydrogens is 274 g/mol. The molecule has 118 valence electrons. The third-order valence-corrected chi connectivity index (χ3v) is 2.96. The highest BCUT2D eigenvalue weighted by Crippen LogP contribution is 2.33. The van der Waals surface area contributed by atoms with E-state index in [1.807, 2.05) is 27.7 Å². The van der Waals surface area contributed by atoms with Crippen molar-refractivity contribution in [1.82, 2.24) is 15.1 Å². The van der Waals surface area contributed by atoms with E-state index in [1.165, 1.54) is 4.68 Å². The quantitative estimate of drug-likeness (QED) is 0.615. The normalized spacial score (nSPS) is 12.6. The Labute approximate surface area is 124 Å². The molecule has 1 aromatic rings. The number of anilines is 1. The second kappa shape index (κ2) is 6.55. The highest BCUT2D eigenvalue weighted by Gasteiger charge is 2.30. The van der Waals surface area contributed by atoms with Gasteiger partial charge in [-0.25, -0.2) is 4.68 Å². The molecular formula is C13H23N5O3. The van der Waals surface area contributed by atoms with Gasteiger partial charge in [-0.05, 0) is 20.8 Å². The Balaban J connectivity index is 3.08. The first-order valence-corrected chi connectivity index (χ1v) is 6.93. The van der Waals surface area contributed by atoms with Crippen LogP contribution in [-0.2, 0) is 11.8 Å². The molecule has 0 aliphatic rings. The largest absolute Gasteiger partial charge is 0.353 e. The van der Waals surface area contributed by atoms with E-state index in [9.17, 15) is 14.9 Å². The van der Waals surface area contributed by atoms with Crippen molar-refractivity contribution in [2.75, 3.05) is 5.32 Å². The molecule has 1 rings (SSSR count). The molecule has 2 N–H and O–H groups in total. The van der Waals surface area contributed by atoms with Crippen molar-refractivity contribution in [3.63, 3.8) is 0 Å². The van der Waals surface area contributed by atoms with Crippen molar-refractivity contribution < 1.29 is 9.72 Å². The fraction of sp³-hybridized carbons (Fsp3) is 0.692. The maximum atomic E-state index is 11.9. The second-order valence-corrected chi connectivity index (χ2v) is 5.65. The average Bonchev–Trinajstić information content (AvgIpc) is 2.66. The lowest BCUT2D eigenvalue weighted by atomic mass is 10.1. The van der Waals surface area contributed by atoms with Crippen LogP contribution in [0, 0.1) is 10.1 Å². The van der Waals surface area contributed by atoms with Crippen LogP contribution in [0.1, 0.15) is 46.2 Å². The zero-order chi connectivity index (χ0) is 16.3. The Bertz CT molecular complexity index is 536. The monoisotopic (exact) mass is 297 g/mol. The average molecular weight is 297 g/mol. The van der Waals surface area contributed by atoms with Gasteiger partial charge in [0.15, 0.2) is 0 Å². The van der Waals surface area contributed by atoms with Crippen LogP contribution in [0.15, 0.2) is 0 Å². The van der Waals surface area contributed by atoms with Gasteiger partial charge in [0.1, 0.15) is 11.7 Å². The summed E-state index contributed by atoms with van der Waals surface area (Å²) in [5, 5.41) is 21.1. The van der Waals surface area contributed by atoms with Crippen molar-refractivity contribution in [3.8, 4) is 0 Å². The van der Waals surface area contributed by atoms with Crippen LogP contribution in [0.3, 0.4) is 0 Å². The molecule has 0 spiro atoms.